The second-order valence-corrected chi connectivity index (χ2v) is 7.65. The van der Waals surface area contributed by atoms with Crippen molar-refractivity contribution < 1.29 is 4.79 Å². The number of amides is 2. The van der Waals surface area contributed by atoms with E-state index in [4.69, 9.17) is 0 Å². The minimum atomic E-state index is 0.00849. The van der Waals surface area contributed by atoms with Crippen LogP contribution in [0.2, 0.25) is 0 Å². The normalized spacial score (nSPS) is 17.3. The zero-order valence-electron chi connectivity index (χ0n) is 16.7. The predicted molar refractivity (Wildman–Crippen MR) is 111 cm³/mol. The van der Waals surface area contributed by atoms with E-state index >= 15 is 0 Å². The van der Waals surface area contributed by atoms with Gasteiger partial charge in [0.1, 0.15) is 0 Å². The van der Waals surface area contributed by atoms with Crippen LogP contribution in [0.25, 0.3) is 0 Å². The molecule has 1 fully saturated rings. The van der Waals surface area contributed by atoms with Gasteiger partial charge in [0.15, 0.2) is 0 Å². The lowest BCUT2D eigenvalue weighted by Gasteiger charge is -2.31. The van der Waals surface area contributed by atoms with Crippen molar-refractivity contribution in [2.45, 2.75) is 77.7 Å². The monoisotopic (exact) mass is 359 g/mol. The van der Waals surface area contributed by atoms with Gasteiger partial charge in [-0.15, -0.1) is 0 Å². The Morgan fingerprint density at radius 2 is 1.73 bits per heavy atom. The number of anilines is 1. The molecule has 0 radical (unpaired) electrons. The molecule has 0 bridgehead atoms. The molecule has 2 amide bonds. The van der Waals surface area contributed by atoms with E-state index in [0.29, 0.717) is 6.04 Å². The molecule has 146 valence electrons. The molecule has 1 aliphatic rings. The van der Waals surface area contributed by atoms with Crippen LogP contribution in [-0.2, 0) is 6.42 Å². The Balaban J connectivity index is 1.62. The molecule has 1 heterocycles. The number of unbranched alkanes of at least 4 members (excludes halogenated alkanes) is 7. The molecule has 1 aromatic carbocycles. The van der Waals surface area contributed by atoms with E-state index in [1.165, 1.54) is 56.9 Å². The summed E-state index contributed by atoms with van der Waals surface area (Å²) in [5, 5.41) is 6.38. The molecular formula is C22H37N3O. The summed E-state index contributed by atoms with van der Waals surface area (Å²) in [6.45, 7) is 6.78. The number of rotatable bonds is 10. The smallest absolute Gasteiger partial charge is 0.321 e. The number of hydrogen-bond donors (Lipinski definition) is 2. The Kier molecular flexibility index (Phi) is 9.54. The number of aryl methyl sites for hydroxylation is 1. The molecule has 26 heavy (non-hydrogen) atoms. The maximum Gasteiger partial charge on any atom is 0.321 e. The fraction of sp³-hybridized carbons (Fsp3) is 0.682. The Labute approximate surface area is 159 Å². The van der Waals surface area contributed by atoms with Crippen LogP contribution < -0.4 is 10.6 Å². The van der Waals surface area contributed by atoms with E-state index in [9.17, 15) is 4.79 Å². The minimum absolute atomic E-state index is 0.00849. The third kappa shape index (κ3) is 7.77. The number of urea groups is 1. The van der Waals surface area contributed by atoms with Gasteiger partial charge in [-0.3, -0.25) is 0 Å². The topological polar surface area (TPSA) is 44.4 Å². The number of carbonyl (C=O) groups excluding carboxylic acids is 1. The highest BCUT2D eigenvalue weighted by atomic mass is 16.2. The van der Waals surface area contributed by atoms with Crippen molar-refractivity contribution in [2.24, 2.45) is 0 Å². The van der Waals surface area contributed by atoms with Crippen LogP contribution >= 0.6 is 0 Å². The first-order chi connectivity index (χ1) is 12.7. The Morgan fingerprint density at radius 1 is 1.08 bits per heavy atom. The van der Waals surface area contributed by atoms with E-state index in [0.717, 1.165) is 31.7 Å². The number of benzene rings is 1. The van der Waals surface area contributed by atoms with Crippen LogP contribution in [0.3, 0.4) is 0 Å². The molecule has 0 spiro atoms. The summed E-state index contributed by atoms with van der Waals surface area (Å²) in [4.78, 5) is 14.2. The van der Waals surface area contributed by atoms with Crippen molar-refractivity contribution in [1.82, 2.24) is 10.2 Å². The van der Waals surface area contributed by atoms with Crippen molar-refractivity contribution in [3.8, 4) is 0 Å². The standard InChI is InChI=1S/C22H37N3O/c1-3-4-5-6-7-8-9-10-11-20-12-14-21(15-13-20)24-22(26)25-17-16-23-19(2)18-25/h12-15,19,23H,3-11,16-18H2,1-2H3,(H,24,26)/t19-/m1/s1. The highest BCUT2D eigenvalue weighted by Crippen LogP contribution is 2.15. The number of hydrogen-bond acceptors (Lipinski definition) is 2. The van der Waals surface area contributed by atoms with Crippen molar-refractivity contribution in [3.63, 3.8) is 0 Å². The van der Waals surface area contributed by atoms with Gasteiger partial charge < -0.3 is 15.5 Å². The van der Waals surface area contributed by atoms with Gasteiger partial charge in [0, 0.05) is 31.4 Å². The van der Waals surface area contributed by atoms with Gasteiger partial charge in [0.25, 0.3) is 0 Å². The summed E-state index contributed by atoms with van der Waals surface area (Å²) in [5.74, 6) is 0. The lowest BCUT2D eigenvalue weighted by molar-refractivity contribution is 0.192. The van der Waals surface area contributed by atoms with E-state index in [1.54, 1.807) is 0 Å². The number of piperazine rings is 1. The van der Waals surface area contributed by atoms with E-state index in [2.05, 4.69) is 36.6 Å². The van der Waals surface area contributed by atoms with E-state index < -0.39 is 0 Å². The van der Waals surface area contributed by atoms with Crippen molar-refractivity contribution in [1.29, 1.82) is 0 Å². The van der Waals surface area contributed by atoms with Crippen LogP contribution in [0.5, 0.6) is 0 Å². The molecule has 2 rings (SSSR count). The molecule has 0 saturated carbocycles. The van der Waals surface area contributed by atoms with Gasteiger partial charge in [-0.25, -0.2) is 4.79 Å². The quantitative estimate of drug-likeness (QED) is 0.564. The molecule has 1 aromatic rings. The first-order valence-corrected chi connectivity index (χ1v) is 10.6. The van der Waals surface area contributed by atoms with Crippen LogP contribution in [0.15, 0.2) is 24.3 Å². The summed E-state index contributed by atoms with van der Waals surface area (Å²) in [5.41, 5.74) is 2.26. The molecular weight excluding hydrogens is 322 g/mol. The van der Waals surface area contributed by atoms with Gasteiger partial charge in [-0.05, 0) is 37.5 Å². The maximum absolute atomic E-state index is 12.3. The lowest BCUT2D eigenvalue weighted by Crippen LogP contribution is -2.52. The summed E-state index contributed by atoms with van der Waals surface area (Å²) in [6.07, 6.45) is 12.0. The number of nitrogens with zero attached hydrogens (tertiary/aromatic N) is 1. The lowest BCUT2D eigenvalue weighted by atomic mass is 10.0. The summed E-state index contributed by atoms with van der Waals surface area (Å²) in [6, 6.07) is 8.74. The second kappa shape index (κ2) is 11.9. The molecule has 0 aliphatic carbocycles. The third-order valence-electron chi connectivity index (χ3n) is 5.18. The van der Waals surface area contributed by atoms with Gasteiger partial charge in [0.2, 0.25) is 0 Å². The van der Waals surface area contributed by atoms with Gasteiger partial charge in [-0.2, -0.15) is 0 Å². The Hall–Kier alpha value is -1.55. The Morgan fingerprint density at radius 3 is 2.38 bits per heavy atom. The van der Waals surface area contributed by atoms with Gasteiger partial charge in [0.05, 0.1) is 0 Å². The first kappa shape index (κ1) is 20.8. The van der Waals surface area contributed by atoms with Crippen molar-refractivity contribution >= 4 is 11.7 Å². The van der Waals surface area contributed by atoms with Gasteiger partial charge >= 0.3 is 6.03 Å². The summed E-state index contributed by atoms with van der Waals surface area (Å²) < 4.78 is 0. The predicted octanol–water partition coefficient (Wildman–Crippen LogP) is 5.20. The number of carbonyl (C=O) groups is 1. The largest absolute Gasteiger partial charge is 0.322 e. The van der Waals surface area contributed by atoms with Crippen molar-refractivity contribution in [2.75, 3.05) is 25.0 Å². The maximum atomic E-state index is 12.3. The fourth-order valence-corrected chi connectivity index (χ4v) is 3.54. The van der Waals surface area contributed by atoms with Crippen LogP contribution in [0.4, 0.5) is 10.5 Å². The van der Waals surface area contributed by atoms with Crippen LogP contribution in [0.1, 0.15) is 70.8 Å². The average Bonchev–Trinajstić information content (AvgIpc) is 2.65. The zero-order valence-corrected chi connectivity index (χ0v) is 16.7. The van der Waals surface area contributed by atoms with Gasteiger partial charge in [-0.1, -0.05) is 64.0 Å². The highest BCUT2D eigenvalue weighted by Gasteiger charge is 2.20. The summed E-state index contributed by atoms with van der Waals surface area (Å²) >= 11 is 0. The molecule has 4 nitrogen and oxygen atoms in total. The van der Waals surface area contributed by atoms with E-state index in [-0.39, 0.29) is 6.03 Å². The summed E-state index contributed by atoms with van der Waals surface area (Å²) in [7, 11) is 0. The van der Waals surface area contributed by atoms with Crippen molar-refractivity contribution in [3.05, 3.63) is 29.8 Å². The third-order valence-corrected chi connectivity index (χ3v) is 5.18. The average molecular weight is 360 g/mol. The second-order valence-electron chi connectivity index (χ2n) is 7.65. The highest BCUT2D eigenvalue weighted by molar-refractivity contribution is 5.89. The molecule has 0 unspecified atom stereocenters. The minimum Gasteiger partial charge on any atom is -0.322 e. The van der Waals surface area contributed by atoms with Crippen LogP contribution in [0, 0.1) is 0 Å². The molecule has 1 aliphatic heterocycles. The fourth-order valence-electron chi connectivity index (χ4n) is 3.54. The number of nitrogens with one attached hydrogen (secondary N) is 2. The Bertz CT molecular complexity index is 515. The zero-order chi connectivity index (χ0) is 18.6. The molecule has 1 saturated heterocycles. The SMILES string of the molecule is CCCCCCCCCCc1ccc(NC(=O)N2CCN[C@H](C)C2)cc1. The van der Waals surface area contributed by atoms with E-state index in [1.807, 2.05) is 17.0 Å². The molecule has 0 aromatic heterocycles. The molecule has 1 atom stereocenters. The molecule has 4 heteroatoms. The first-order valence-electron chi connectivity index (χ1n) is 10.6. The molecule has 2 N–H and O–H groups in total. The van der Waals surface area contributed by atoms with Crippen LogP contribution in [-0.4, -0.2) is 36.6 Å².